The molecule has 1 aromatic heterocycles. The summed E-state index contributed by atoms with van der Waals surface area (Å²) in [6.07, 6.45) is 0.666. The lowest BCUT2D eigenvalue weighted by Gasteiger charge is -2.30. The Morgan fingerprint density at radius 3 is 2.45 bits per heavy atom. The maximum absolute atomic E-state index is 12.8. The molecule has 7 nitrogen and oxygen atoms in total. The van der Waals surface area contributed by atoms with Gasteiger partial charge in [-0.3, -0.25) is 9.59 Å². The molecule has 0 aliphatic carbocycles. The molecule has 1 unspecified atom stereocenters. The van der Waals surface area contributed by atoms with E-state index < -0.39 is 12.1 Å². The highest BCUT2D eigenvalue weighted by molar-refractivity contribution is 6.33. The second kappa shape index (κ2) is 9.31. The molecule has 1 aliphatic heterocycles. The number of rotatable bonds is 5. The van der Waals surface area contributed by atoms with Crippen LogP contribution in [-0.4, -0.2) is 40.0 Å². The minimum absolute atomic E-state index is 0.0570. The van der Waals surface area contributed by atoms with E-state index in [0.29, 0.717) is 42.3 Å². The standard InChI is InChI=1S/C23H22ClN3O4/c1-15(28)30-20(16-7-3-2-4-8-16)22-25-21(26-31-22)17-11-13-27(14-12-17)23(29)18-9-5-6-10-19(18)24/h2-10,17,20H,11-14H2,1H3. The Hall–Kier alpha value is -3.19. The van der Waals surface area contributed by atoms with E-state index in [1.165, 1.54) is 6.92 Å². The van der Waals surface area contributed by atoms with E-state index in [0.717, 1.165) is 5.56 Å². The summed E-state index contributed by atoms with van der Waals surface area (Å²) in [5.41, 5.74) is 1.27. The number of carbonyl (C=O) groups is 2. The van der Waals surface area contributed by atoms with Gasteiger partial charge in [0.1, 0.15) is 0 Å². The number of hydrogen-bond acceptors (Lipinski definition) is 6. The molecule has 4 rings (SSSR count). The molecule has 0 radical (unpaired) electrons. The molecule has 160 valence electrons. The van der Waals surface area contributed by atoms with Gasteiger partial charge in [-0.15, -0.1) is 0 Å². The highest BCUT2D eigenvalue weighted by Gasteiger charge is 2.30. The van der Waals surface area contributed by atoms with E-state index in [-0.39, 0.29) is 17.7 Å². The lowest BCUT2D eigenvalue weighted by molar-refractivity contribution is -0.145. The van der Waals surface area contributed by atoms with Crippen molar-refractivity contribution in [3.05, 3.63) is 82.5 Å². The van der Waals surface area contributed by atoms with Crippen LogP contribution in [0.2, 0.25) is 5.02 Å². The van der Waals surface area contributed by atoms with Gasteiger partial charge in [0, 0.05) is 31.5 Å². The van der Waals surface area contributed by atoms with E-state index in [4.69, 9.17) is 20.9 Å². The zero-order valence-electron chi connectivity index (χ0n) is 17.0. The Bertz CT molecular complexity index is 1060. The number of esters is 1. The van der Waals surface area contributed by atoms with Crippen LogP contribution in [-0.2, 0) is 9.53 Å². The minimum atomic E-state index is -0.748. The molecule has 0 saturated carbocycles. The quantitative estimate of drug-likeness (QED) is 0.548. The third-order valence-corrected chi connectivity index (χ3v) is 5.65. The number of amides is 1. The molecule has 2 heterocycles. The van der Waals surface area contributed by atoms with E-state index in [2.05, 4.69) is 10.1 Å². The topological polar surface area (TPSA) is 85.5 Å². The predicted octanol–water partition coefficient (Wildman–Crippen LogP) is 4.40. The molecule has 0 spiro atoms. The Morgan fingerprint density at radius 2 is 1.77 bits per heavy atom. The summed E-state index contributed by atoms with van der Waals surface area (Å²) in [6, 6.07) is 16.3. The van der Waals surface area contributed by atoms with E-state index in [1.807, 2.05) is 30.3 Å². The molecule has 1 saturated heterocycles. The third kappa shape index (κ3) is 4.77. The summed E-state index contributed by atoms with van der Waals surface area (Å²) in [7, 11) is 0. The Labute approximate surface area is 185 Å². The Balaban J connectivity index is 1.45. The van der Waals surface area contributed by atoms with Crippen molar-refractivity contribution in [2.75, 3.05) is 13.1 Å². The molecular formula is C23H22ClN3O4. The van der Waals surface area contributed by atoms with Crippen molar-refractivity contribution in [1.29, 1.82) is 0 Å². The van der Waals surface area contributed by atoms with Crippen LogP contribution in [0.3, 0.4) is 0 Å². The molecular weight excluding hydrogens is 418 g/mol. The first-order chi connectivity index (χ1) is 15.0. The molecule has 1 aliphatic rings. The number of likely N-dealkylation sites (tertiary alicyclic amines) is 1. The molecule has 31 heavy (non-hydrogen) atoms. The summed E-state index contributed by atoms with van der Waals surface area (Å²) in [5.74, 6) is 0.359. The molecule has 1 amide bonds. The molecule has 2 aromatic carbocycles. The number of nitrogens with zero attached hydrogens (tertiary/aromatic N) is 3. The van der Waals surface area contributed by atoms with E-state index >= 15 is 0 Å². The van der Waals surface area contributed by atoms with Crippen molar-refractivity contribution < 1.29 is 18.8 Å². The fraction of sp³-hybridized carbons (Fsp3) is 0.304. The van der Waals surface area contributed by atoms with Crippen LogP contribution in [0.25, 0.3) is 0 Å². The SMILES string of the molecule is CC(=O)OC(c1ccccc1)c1nc(C2CCN(C(=O)c3ccccc3Cl)CC2)no1. The van der Waals surface area contributed by atoms with Crippen LogP contribution >= 0.6 is 11.6 Å². The Morgan fingerprint density at radius 1 is 1.10 bits per heavy atom. The van der Waals surface area contributed by atoms with Crippen molar-refractivity contribution >= 4 is 23.5 Å². The zero-order valence-corrected chi connectivity index (χ0v) is 17.8. The predicted molar refractivity (Wildman–Crippen MR) is 114 cm³/mol. The monoisotopic (exact) mass is 439 g/mol. The summed E-state index contributed by atoms with van der Waals surface area (Å²) in [6.45, 7) is 2.49. The van der Waals surface area contributed by atoms with Gasteiger partial charge in [0.2, 0.25) is 6.10 Å². The first kappa shape index (κ1) is 21.1. The van der Waals surface area contributed by atoms with Gasteiger partial charge in [0.05, 0.1) is 10.6 Å². The number of carbonyl (C=O) groups excluding carboxylic acids is 2. The van der Waals surface area contributed by atoms with Crippen molar-refractivity contribution in [1.82, 2.24) is 15.0 Å². The van der Waals surface area contributed by atoms with Crippen LogP contribution in [0.5, 0.6) is 0 Å². The first-order valence-corrected chi connectivity index (χ1v) is 10.5. The summed E-state index contributed by atoms with van der Waals surface area (Å²) < 4.78 is 10.9. The number of ether oxygens (including phenoxy) is 1. The molecule has 8 heteroatoms. The van der Waals surface area contributed by atoms with Crippen molar-refractivity contribution in [3.8, 4) is 0 Å². The van der Waals surface area contributed by atoms with Gasteiger partial charge in [0.15, 0.2) is 5.82 Å². The average Bonchev–Trinajstić information content (AvgIpc) is 3.28. The lowest BCUT2D eigenvalue weighted by atomic mass is 9.95. The van der Waals surface area contributed by atoms with Crippen LogP contribution < -0.4 is 0 Å². The number of hydrogen-bond donors (Lipinski definition) is 0. The second-order valence-electron chi connectivity index (χ2n) is 7.44. The van der Waals surface area contributed by atoms with Gasteiger partial charge in [0.25, 0.3) is 11.8 Å². The van der Waals surface area contributed by atoms with E-state index in [1.54, 1.807) is 29.2 Å². The molecule has 0 N–H and O–H groups in total. The fourth-order valence-corrected chi connectivity index (χ4v) is 3.94. The minimum Gasteiger partial charge on any atom is -0.447 e. The van der Waals surface area contributed by atoms with Crippen molar-refractivity contribution in [2.24, 2.45) is 0 Å². The van der Waals surface area contributed by atoms with Gasteiger partial charge >= 0.3 is 5.97 Å². The molecule has 1 atom stereocenters. The van der Waals surface area contributed by atoms with Crippen molar-refractivity contribution in [2.45, 2.75) is 31.8 Å². The van der Waals surface area contributed by atoms with Crippen LogP contribution in [0, 0.1) is 0 Å². The van der Waals surface area contributed by atoms with Gasteiger partial charge in [-0.05, 0) is 25.0 Å². The first-order valence-electron chi connectivity index (χ1n) is 10.1. The smallest absolute Gasteiger partial charge is 0.303 e. The summed E-state index contributed by atoms with van der Waals surface area (Å²) >= 11 is 6.17. The number of benzene rings is 2. The number of piperidine rings is 1. The number of halogens is 1. The van der Waals surface area contributed by atoms with E-state index in [9.17, 15) is 9.59 Å². The fourth-order valence-electron chi connectivity index (χ4n) is 3.72. The van der Waals surface area contributed by atoms with Crippen LogP contribution in [0.1, 0.15) is 59.4 Å². The Kier molecular flexibility index (Phi) is 6.32. The maximum Gasteiger partial charge on any atom is 0.303 e. The molecule has 1 fully saturated rings. The van der Waals surface area contributed by atoms with Gasteiger partial charge in [-0.25, -0.2) is 0 Å². The lowest BCUT2D eigenvalue weighted by Crippen LogP contribution is -2.38. The van der Waals surface area contributed by atoms with Crippen LogP contribution in [0.4, 0.5) is 0 Å². The maximum atomic E-state index is 12.8. The summed E-state index contributed by atoms with van der Waals surface area (Å²) in [4.78, 5) is 30.7. The second-order valence-corrected chi connectivity index (χ2v) is 7.84. The highest BCUT2D eigenvalue weighted by atomic mass is 35.5. The number of aromatic nitrogens is 2. The van der Waals surface area contributed by atoms with Crippen molar-refractivity contribution in [3.63, 3.8) is 0 Å². The van der Waals surface area contributed by atoms with Crippen LogP contribution in [0.15, 0.2) is 59.1 Å². The largest absolute Gasteiger partial charge is 0.447 e. The highest BCUT2D eigenvalue weighted by Crippen LogP contribution is 2.31. The van der Waals surface area contributed by atoms with Gasteiger partial charge in [-0.2, -0.15) is 4.98 Å². The molecule has 0 bridgehead atoms. The van der Waals surface area contributed by atoms with Gasteiger partial charge < -0.3 is 14.2 Å². The summed E-state index contributed by atoms with van der Waals surface area (Å²) in [5, 5.41) is 4.59. The van der Waals surface area contributed by atoms with Gasteiger partial charge in [-0.1, -0.05) is 59.2 Å². The molecule has 3 aromatic rings. The zero-order chi connectivity index (χ0) is 21.8. The average molecular weight is 440 g/mol. The normalized spacial score (nSPS) is 15.5. The third-order valence-electron chi connectivity index (χ3n) is 5.32.